The quantitative estimate of drug-likeness (QED) is 0.634. The van der Waals surface area contributed by atoms with E-state index in [1.54, 1.807) is 13.8 Å². The number of carbonyl (C=O) groups is 2. The molecule has 0 radical (unpaired) electrons. The minimum Gasteiger partial charge on any atom is -0.368 e. The first-order valence-corrected chi connectivity index (χ1v) is 4.01. The topological polar surface area (TPSA) is 72.2 Å². The molecule has 0 heterocycles. The van der Waals surface area contributed by atoms with Gasteiger partial charge in [-0.15, -0.1) is 0 Å². The molecule has 0 aliphatic rings. The Bertz CT molecular complexity index is 187. The van der Waals surface area contributed by atoms with E-state index in [0.717, 1.165) is 6.42 Å². The van der Waals surface area contributed by atoms with Crippen LogP contribution in [0.25, 0.3) is 0 Å². The minimum atomic E-state index is -0.938. The molecule has 0 atom stereocenters. The maximum Gasteiger partial charge on any atom is 0.242 e. The van der Waals surface area contributed by atoms with Crippen LogP contribution in [0.2, 0.25) is 0 Å². The van der Waals surface area contributed by atoms with Gasteiger partial charge in [0.1, 0.15) is 5.54 Å². The summed E-state index contributed by atoms with van der Waals surface area (Å²) < 4.78 is 0. The van der Waals surface area contributed by atoms with E-state index in [1.807, 2.05) is 6.92 Å². The van der Waals surface area contributed by atoms with Gasteiger partial charge < -0.3 is 11.1 Å². The lowest BCUT2D eigenvalue weighted by atomic mass is 10.0. The van der Waals surface area contributed by atoms with E-state index >= 15 is 0 Å². The smallest absolute Gasteiger partial charge is 0.242 e. The highest BCUT2D eigenvalue weighted by atomic mass is 16.2. The van der Waals surface area contributed by atoms with Gasteiger partial charge in [0, 0.05) is 6.42 Å². The highest BCUT2D eigenvalue weighted by molar-refractivity contribution is 5.89. The molecule has 0 rings (SSSR count). The predicted octanol–water partition coefficient (Wildman–Crippen LogP) is 0.167. The van der Waals surface area contributed by atoms with Crippen LogP contribution in [0.15, 0.2) is 0 Å². The van der Waals surface area contributed by atoms with Crippen LogP contribution in [0.5, 0.6) is 0 Å². The fourth-order valence-electron chi connectivity index (χ4n) is 0.700. The van der Waals surface area contributed by atoms with Crippen molar-refractivity contribution in [3.63, 3.8) is 0 Å². The van der Waals surface area contributed by atoms with E-state index in [0.29, 0.717) is 6.42 Å². The molecule has 0 unspecified atom stereocenters. The van der Waals surface area contributed by atoms with Crippen LogP contribution in [0.3, 0.4) is 0 Å². The molecule has 0 aliphatic carbocycles. The van der Waals surface area contributed by atoms with Gasteiger partial charge in [0.15, 0.2) is 0 Å². The maximum absolute atomic E-state index is 11.0. The van der Waals surface area contributed by atoms with E-state index < -0.39 is 11.4 Å². The monoisotopic (exact) mass is 172 g/mol. The largest absolute Gasteiger partial charge is 0.368 e. The summed E-state index contributed by atoms with van der Waals surface area (Å²) in [4.78, 5) is 21.8. The molecule has 0 spiro atoms. The van der Waals surface area contributed by atoms with Crippen molar-refractivity contribution in [2.75, 3.05) is 0 Å². The van der Waals surface area contributed by atoms with Gasteiger partial charge >= 0.3 is 0 Å². The van der Waals surface area contributed by atoms with Crippen LogP contribution in [-0.2, 0) is 9.59 Å². The molecule has 4 nitrogen and oxygen atoms in total. The van der Waals surface area contributed by atoms with Gasteiger partial charge in [0.05, 0.1) is 0 Å². The molecule has 0 saturated heterocycles. The molecule has 70 valence electrons. The molecule has 0 aromatic carbocycles. The van der Waals surface area contributed by atoms with Crippen LogP contribution in [0.1, 0.15) is 33.6 Å². The molecule has 0 saturated carbocycles. The Morgan fingerprint density at radius 3 is 2.25 bits per heavy atom. The van der Waals surface area contributed by atoms with Gasteiger partial charge in [-0.3, -0.25) is 9.59 Å². The summed E-state index contributed by atoms with van der Waals surface area (Å²) in [6, 6.07) is 0. The lowest BCUT2D eigenvalue weighted by molar-refractivity contribution is -0.130. The van der Waals surface area contributed by atoms with Crippen LogP contribution in [0.4, 0.5) is 0 Å². The van der Waals surface area contributed by atoms with E-state index in [9.17, 15) is 9.59 Å². The number of hydrogen-bond acceptors (Lipinski definition) is 2. The number of nitrogens with two attached hydrogens (primary N) is 1. The molecule has 3 N–H and O–H groups in total. The second kappa shape index (κ2) is 4.09. The number of carbonyl (C=O) groups excluding carboxylic acids is 2. The second-order valence-corrected chi connectivity index (χ2v) is 3.29. The molecular formula is C8H16N2O2. The highest BCUT2D eigenvalue weighted by Gasteiger charge is 2.25. The molecular weight excluding hydrogens is 156 g/mol. The molecule has 0 aromatic heterocycles. The zero-order chi connectivity index (χ0) is 9.78. The Balaban J connectivity index is 4.06. The van der Waals surface area contributed by atoms with E-state index in [1.165, 1.54) is 0 Å². The Labute approximate surface area is 72.5 Å². The van der Waals surface area contributed by atoms with Crippen molar-refractivity contribution in [3.05, 3.63) is 0 Å². The first kappa shape index (κ1) is 10.9. The highest BCUT2D eigenvalue weighted by Crippen LogP contribution is 2.01. The Morgan fingerprint density at radius 2 is 1.92 bits per heavy atom. The van der Waals surface area contributed by atoms with Gasteiger partial charge in [0.25, 0.3) is 0 Å². The normalized spacial score (nSPS) is 10.9. The standard InChI is InChI=1S/C8H16N2O2/c1-4-5-6(11)10-8(2,3)7(9)12/h4-5H2,1-3H3,(H2,9,12)(H,10,11). The summed E-state index contributed by atoms with van der Waals surface area (Å²) in [5.41, 5.74) is 4.12. The first-order chi connectivity index (χ1) is 5.40. The number of hydrogen-bond donors (Lipinski definition) is 2. The molecule has 0 bridgehead atoms. The number of primary amides is 1. The van der Waals surface area contributed by atoms with E-state index in [-0.39, 0.29) is 5.91 Å². The summed E-state index contributed by atoms with van der Waals surface area (Å²) >= 11 is 0. The molecule has 0 fully saturated rings. The van der Waals surface area contributed by atoms with Crippen LogP contribution in [0, 0.1) is 0 Å². The second-order valence-electron chi connectivity index (χ2n) is 3.29. The number of amides is 2. The fourth-order valence-corrected chi connectivity index (χ4v) is 0.700. The van der Waals surface area contributed by atoms with Crippen LogP contribution < -0.4 is 11.1 Å². The summed E-state index contributed by atoms with van der Waals surface area (Å²) in [7, 11) is 0. The van der Waals surface area contributed by atoms with Gasteiger partial charge in [-0.05, 0) is 20.3 Å². The van der Waals surface area contributed by atoms with E-state index in [4.69, 9.17) is 5.73 Å². The lowest BCUT2D eigenvalue weighted by Gasteiger charge is -2.21. The summed E-state index contributed by atoms with van der Waals surface area (Å²) in [6.07, 6.45) is 1.19. The van der Waals surface area contributed by atoms with Crippen molar-refractivity contribution in [3.8, 4) is 0 Å². The third-order valence-electron chi connectivity index (χ3n) is 1.54. The SMILES string of the molecule is CCCC(=O)NC(C)(C)C(N)=O. The van der Waals surface area contributed by atoms with Crippen LogP contribution in [-0.4, -0.2) is 17.4 Å². The third kappa shape index (κ3) is 3.37. The van der Waals surface area contributed by atoms with Gasteiger partial charge in [-0.2, -0.15) is 0 Å². The molecule has 12 heavy (non-hydrogen) atoms. The lowest BCUT2D eigenvalue weighted by Crippen LogP contribution is -2.52. The first-order valence-electron chi connectivity index (χ1n) is 4.01. The zero-order valence-electron chi connectivity index (χ0n) is 7.81. The predicted molar refractivity (Wildman–Crippen MR) is 46.3 cm³/mol. The van der Waals surface area contributed by atoms with Gasteiger partial charge in [-0.1, -0.05) is 6.92 Å². The van der Waals surface area contributed by atoms with Crippen molar-refractivity contribution < 1.29 is 9.59 Å². The van der Waals surface area contributed by atoms with Crippen molar-refractivity contribution in [2.24, 2.45) is 5.73 Å². The Kier molecular flexibility index (Phi) is 3.73. The number of nitrogens with one attached hydrogen (secondary N) is 1. The summed E-state index contributed by atoms with van der Waals surface area (Å²) in [5.74, 6) is -0.659. The van der Waals surface area contributed by atoms with Gasteiger partial charge in [-0.25, -0.2) is 0 Å². The average Bonchev–Trinajstić information content (AvgIpc) is 1.85. The Hall–Kier alpha value is -1.06. The number of rotatable bonds is 4. The average molecular weight is 172 g/mol. The van der Waals surface area contributed by atoms with Crippen LogP contribution >= 0.6 is 0 Å². The van der Waals surface area contributed by atoms with Crippen molar-refractivity contribution >= 4 is 11.8 Å². The van der Waals surface area contributed by atoms with Crippen molar-refractivity contribution in [1.82, 2.24) is 5.32 Å². The van der Waals surface area contributed by atoms with Crippen molar-refractivity contribution in [1.29, 1.82) is 0 Å². The maximum atomic E-state index is 11.0. The van der Waals surface area contributed by atoms with Gasteiger partial charge in [0.2, 0.25) is 11.8 Å². The third-order valence-corrected chi connectivity index (χ3v) is 1.54. The zero-order valence-corrected chi connectivity index (χ0v) is 7.81. The molecule has 4 heteroatoms. The molecule has 2 amide bonds. The molecule has 0 aromatic rings. The fraction of sp³-hybridized carbons (Fsp3) is 0.750. The Morgan fingerprint density at radius 1 is 1.42 bits per heavy atom. The summed E-state index contributed by atoms with van der Waals surface area (Å²) in [6.45, 7) is 5.07. The van der Waals surface area contributed by atoms with E-state index in [2.05, 4.69) is 5.32 Å². The molecule has 0 aliphatic heterocycles. The van der Waals surface area contributed by atoms with Crippen molar-refractivity contribution in [2.45, 2.75) is 39.2 Å². The minimum absolute atomic E-state index is 0.138. The summed E-state index contributed by atoms with van der Waals surface area (Å²) in [5, 5.41) is 2.54.